The molecule has 0 spiro atoms. The Morgan fingerprint density at radius 2 is 1.81 bits per heavy atom. The van der Waals surface area contributed by atoms with Gasteiger partial charge in [0, 0.05) is 12.3 Å². The van der Waals surface area contributed by atoms with Crippen molar-refractivity contribution < 1.29 is 9.59 Å². The van der Waals surface area contributed by atoms with Crippen molar-refractivity contribution in [2.75, 3.05) is 6.16 Å². The quantitative estimate of drug-likeness (QED) is 0.592. The van der Waals surface area contributed by atoms with Crippen LogP contribution in [0.15, 0.2) is 30.3 Å². The highest BCUT2D eigenvalue weighted by atomic mass is 31.0. The Balaban J connectivity index is 2.11. The average Bonchev–Trinajstić information content (AvgIpc) is 3.44. The van der Waals surface area contributed by atoms with Crippen molar-refractivity contribution in [3.8, 4) is 0 Å². The fourth-order valence-corrected chi connectivity index (χ4v) is 3.61. The zero-order valence-corrected chi connectivity index (χ0v) is 18.5. The van der Waals surface area contributed by atoms with E-state index >= 15 is 0 Å². The molecule has 0 saturated heterocycles. The molecule has 0 bridgehead atoms. The second-order valence-corrected chi connectivity index (χ2v) is 9.77. The number of ketones is 1. The van der Waals surface area contributed by atoms with Crippen molar-refractivity contribution in [3.63, 3.8) is 0 Å². The Bertz CT molecular complexity index is 619. The van der Waals surface area contributed by atoms with Gasteiger partial charge in [0.1, 0.15) is 0 Å². The van der Waals surface area contributed by atoms with Gasteiger partial charge >= 0.3 is 0 Å². The maximum Gasteiger partial charge on any atom is 0.223 e. The highest BCUT2D eigenvalue weighted by Gasteiger charge is 2.35. The molecule has 2 rings (SSSR count). The lowest BCUT2D eigenvalue weighted by Crippen LogP contribution is -2.46. The summed E-state index contributed by atoms with van der Waals surface area (Å²) in [5.41, 5.74) is 1.19. The van der Waals surface area contributed by atoms with E-state index in [4.69, 9.17) is 0 Å². The van der Waals surface area contributed by atoms with Gasteiger partial charge in [-0.2, -0.15) is 0 Å². The number of hydrogen-bond donors (Lipinski definition) is 1. The molecule has 1 amide bonds. The van der Waals surface area contributed by atoms with Crippen LogP contribution in [0.25, 0.3) is 0 Å². The molecule has 0 aromatic heterocycles. The van der Waals surface area contributed by atoms with Crippen LogP contribution in [0.4, 0.5) is 0 Å². The molecule has 27 heavy (non-hydrogen) atoms. The number of carbonyl (C=O) groups excluding carboxylic acids is 2. The summed E-state index contributed by atoms with van der Waals surface area (Å²) in [7, 11) is 2.61. The van der Waals surface area contributed by atoms with Crippen LogP contribution in [-0.2, 0) is 16.0 Å². The fourth-order valence-electron chi connectivity index (χ4n) is 3.40. The van der Waals surface area contributed by atoms with Crippen molar-refractivity contribution >= 4 is 20.9 Å². The third kappa shape index (κ3) is 7.37. The first-order chi connectivity index (χ1) is 12.7. The van der Waals surface area contributed by atoms with Gasteiger partial charge in [0.25, 0.3) is 0 Å². The molecule has 0 radical (unpaired) electrons. The van der Waals surface area contributed by atoms with Gasteiger partial charge in [-0.15, -0.1) is 9.24 Å². The monoisotopic (exact) mass is 389 g/mol. The molecule has 1 N–H and O–H groups in total. The number of benzene rings is 1. The van der Waals surface area contributed by atoms with Crippen LogP contribution < -0.4 is 5.32 Å². The molecule has 1 aromatic carbocycles. The minimum absolute atomic E-state index is 0.0335. The molecule has 4 heteroatoms. The Morgan fingerprint density at radius 1 is 1.19 bits per heavy atom. The molecule has 1 aromatic rings. The summed E-state index contributed by atoms with van der Waals surface area (Å²) in [5.74, 6) is 1.19. The Labute approximate surface area is 167 Å². The molecular weight excluding hydrogens is 353 g/mol. The first-order valence-electron chi connectivity index (χ1n) is 10.3. The molecule has 1 saturated carbocycles. The number of nitrogens with one attached hydrogen (secondary N) is 1. The summed E-state index contributed by atoms with van der Waals surface area (Å²) in [6.45, 7) is 8.59. The molecule has 1 aliphatic carbocycles. The van der Waals surface area contributed by atoms with Crippen LogP contribution in [0.1, 0.15) is 58.9 Å². The van der Waals surface area contributed by atoms with E-state index in [1.807, 2.05) is 37.3 Å². The zero-order chi connectivity index (χ0) is 20.0. The molecule has 150 valence electrons. The third-order valence-corrected chi connectivity index (χ3v) is 6.48. The van der Waals surface area contributed by atoms with Crippen LogP contribution >= 0.6 is 9.24 Å². The van der Waals surface area contributed by atoms with E-state index in [2.05, 4.69) is 35.3 Å². The van der Waals surface area contributed by atoms with Gasteiger partial charge in [0.2, 0.25) is 5.91 Å². The smallest absolute Gasteiger partial charge is 0.223 e. The first kappa shape index (κ1) is 22.1. The van der Waals surface area contributed by atoms with Crippen LogP contribution in [0.2, 0.25) is 0 Å². The number of rotatable bonds is 10. The predicted molar refractivity (Wildman–Crippen MR) is 116 cm³/mol. The van der Waals surface area contributed by atoms with Gasteiger partial charge in [0.05, 0.1) is 6.04 Å². The zero-order valence-electron chi connectivity index (χ0n) is 17.3. The van der Waals surface area contributed by atoms with Crippen LogP contribution in [0, 0.1) is 23.2 Å². The highest BCUT2D eigenvalue weighted by molar-refractivity contribution is 7.16. The maximum atomic E-state index is 13.2. The lowest BCUT2D eigenvalue weighted by molar-refractivity contribution is -0.130. The molecule has 0 aliphatic heterocycles. The van der Waals surface area contributed by atoms with E-state index < -0.39 is 6.04 Å². The second kappa shape index (κ2) is 9.82. The second-order valence-electron chi connectivity index (χ2n) is 9.30. The minimum Gasteiger partial charge on any atom is -0.346 e. The van der Waals surface area contributed by atoms with Crippen LogP contribution in [0.3, 0.4) is 0 Å². The summed E-state index contributed by atoms with van der Waals surface area (Å²) in [6.07, 6.45) is 5.54. The van der Waals surface area contributed by atoms with Gasteiger partial charge in [-0.05, 0) is 41.8 Å². The Hall–Kier alpha value is -1.21. The molecule has 1 fully saturated rings. The molecule has 0 heterocycles. The fraction of sp³-hybridized carbons (Fsp3) is 0.652. The van der Waals surface area contributed by atoms with E-state index in [1.54, 1.807) is 0 Å². The standard InChI is InChI=1S/C23H36NO2P/c1-16(15-27)22(26)24-20(13-17-8-6-5-7-9-17)21(25)14-19(23(2,3)4)12-18-10-11-18/h5-9,16,18-20H,10-15,27H2,1-4H3,(H,24,26)/t16?,19?,20-/m0/s1. The van der Waals surface area contributed by atoms with Crippen molar-refractivity contribution in [1.82, 2.24) is 5.32 Å². The number of Topliss-reactive ketones (excluding diaryl/α,β-unsaturated/α-hetero) is 1. The summed E-state index contributed by atoms with van der Waals surface area (Å²) >= 11 is 0. The first-order valence-corrected chi connectivity index (χ1v) is 11.1. The SMILES string of the molecule is CC(CP)C(=O)N[C@@H](Cc1ccccc1)C(=O)CC(CC1CC1)C(C)(C)C. The topological polar surface area (TPSA) is 46.2 Å². The van der Waals surface area contributed by atoms with E-state index in [1.165, 1.54) is 12.8 Å². The van der Waals surface area contributed by atoms with Crippen molar-refractivity contribution in [2.24, 2.45) is 23.2 Å². The van der Waals surface area contributed by atoms with E-state index in [0.717, 1.165) is 17.9 Å². The van der Waals surface area contributed by atoms with Gasteiger partial charge in [-0.25, -0.2) is 0 Å². The van der Waals surface area contributed by atoms with Crippen LogP contribution in [0.5, 0.6) is 0 Å². The Morgan fingerprint density at radius 3 is 2.33 bits per heavy atom. The van der Waals surface area contributed by atoms with Gasteiger partial charge in [-0.3, -0.25) is 9.59 Å². The number of carbonyl (C=O) groups is 2. The van der Waals surface area contributed by atoms with Gasteiger partial charge in [0.15, 0.2) is 5.78 Å². The largest absolute Gasteiger partial charge is 0.346 e. The van der Waals surface area contributed by atoms with Crippen molar-refractivity contribution in [1.29, 1.82) is 0 Å². The van der Waals surface area contributed by atoms with E-state index in [9.17, 15) is 9.59 Å². The van der Waals surface area contributed by atoms with Crippen molar-refractivity contribution in [3.05, 3.63) is 35.9 Å². The van der Waals surface area contributed by atoms with E-state index in [0.29, 0.717) is 24.9 Å². The van der Waals surface area contributed by atoms with Gasteiger partial charge in [-0.1, -0.05) is 70.9 Å². The number of amides is 1. The Kier molecular flexibility index (Phi) is 8.04. The molecule has 3 unspecified atom stereocenters. The van der Waals surface area contributed by atoms with Gasteiger partial charge < -0.3 is 5.32 Å². The molecule has 4 atom stereocenters. The molecule has 3 nitrogen and oxygen atoms in total. The highest BCUT2D eigenvalue weighted by Crippen LogP contribution is 2.42. The summed E-state index contributed by atoms with van der Waals surface area (Å²) in [6, 6.07) is 9.54. The average molecular weight is 390 g/mol. The minimum atomic E-state index is -0.442. The molecule has 1 aliphatic rings. The lowest BCUT2D eigenvalue weighted by atomic mass is 9.74. The molecular formula is C23H36NO2P. The summed E-state index contributed by atoms with van der Waals surface area (Å²) < 4.78 is 0. The van der Waals surface area contributed by atoms with Crippen LogP contribution in [-0.4, -0.2) is 23.9 Å². The van der Waals surface area contributed by atoms with Crippen molar-refractivity contribution in [2.45, 2.75) is 65.8 Å². The predicted octanol–water partition coefficient (Wildman–Crippen LogP) is 4.65. The third-order valence-electron chi connectivity index (χ3n) is 5.78. The maximum absolute atomic E-state index is 13.2. The summed E-state index contributed by atoms with van der Waals surface area (Å²) in [5, 5.41) is 3.04. The lowest BCUT2D eigenvalue weighted by Gasteiger charge is -2.32. The number of hydrogen-bond acceptors (Lipinski definition) is 2. The summed E-state index contributed by atoms with van der Waals surface area (Å²) in [4.78, 5) is 25.7. The normalized spacial score (nSPS) is 17.8. The van der Waals surface area contributed by atoms with E-state index in [-0.39, 0.29) is 23.0 Å².